The van der Waals surface area contributed by atoms with Crippen LogP contribution >= 0.6 is 0 Å². The van der Waals surface area contributed by atoms with Gasteiger partial charge in [-0.05, 0) is 43.0 Å². The quantitative estimate of drug-likeness (QED) is 0.390. The van der Waals surface area contributed by atoms with Crippen molar-refractivity contribution >= 4 is 17.8 Å². The third kappa shape index (κ3) is 7.21. The molecule has 2 aromatic carbocycles. The number of para-hydroxylation sites is 2. The number of ether oxygens (including phenoxy) is 3. The Morgan fingerprint density at radius 1 is 1.06 bits per heavy atom. The third-order valence-electron chi connectivity index (χ3n) is 6.05. The highest BCUT2D eigenvalue weighted by molar-refractivity contribution is 5.93. The van der Waals surface area contributed by atoms with E-state index >= 15 is 0 Å². The first kappa shape index (κ1) is 26.1. The summed E-state index contributed by atoms with van der Waals surface area (Å²) < 4.78 is 16.8. The zero-order valence-corrected chi connectivity index (χ0v) is 20.6. The molecule has 0 saturated carbocycles. The van der Waals surface area contributed by atoms with Crippen molar-refractivity contribution in [3.05, 3.63) is 60.2 Å². The van der Waals surface area contributed by atoms with Gasteiger partial charge in [-0.3, -0.25) is 14.4 Å². The lowest BCUT2D eigenvalue weighted by Crippen LogP contribution is -2.60. The first-order chi connectivity index (χ1) is 16.9. The van der Waals surface area contributed by atoms with Crippen LogP contribution in [0.4, 0.5) is 0 Å². The fourth-order valence-electron chi connectivity index (χ4n) is 3.92. The summed E-state index contributed by atoms with van der Waals surface area (Å²) in [6.07, 6.45) is -0.113. The first-order valence-electron chi connectivity index (χ1n) is 12.1. The molecule has 1 fully saturated rings. The molecular formula is C27H34N2O6. The predicted octanol–water partition coefficient (Wildman–Crippen LogP) is 3.31. The fourth-order valence-corrected chi connectivity index (χ4v) is 3.92. The van der Waals surface area contributed by atoms with Gasteiger partial charge in [-0.1, -0.05) is 50.2 Å². The molecule has 3 rings (SSSR count). The number of piperazine rings is 1. The van der Waals surface area contributed by atoms with Crippen LogP contribution in [0.3, 0.4) is 0 Å². The van der Waals surface area contributed by atoms with Crippen LogP contribution in [-0.4, -0.2) is 61.1 Å². The number of amides is 2. The second kappa shape index (κ2) is 12.8. The maximum Gasteiger partial charge on any atom is 0.308 e. The van der Waals surface area contributed by atoms with Crippen molar-refractivity contribution in [2.75, 3.05) is 26.3 Å². The number of esters is 1. The molecule has 188 valence electrons. The van der Waals surface area contributed by atoms with Gasteiger partial charge in [0.1, 0.15) is 30.8 Å². The van der Waals surface area contributed by atoms with Crippen molar-refractivity contribution in [3.8, 4) is 11.5 Å². The highest BCUT2D eigenvalue weighted by Gasteiger charge is 2.37. The van der Waals surface area contributed by atoms with E-state index in [-0.39, 0.29) is 37.4 Å². The van der Waals surface area contributed by atoms with Gasteiger partial charge < -0.3 is 24.4 Å². The van der Waals surface area contributed by atoms with Crippen molar-refractivity contribution in [3.63, 3.8) is 0 Å². The molecule has 3 atom stereocenters. The molecule has 1 aliphatic heterocycles. The van der Waals surface area contributed by atoms with Gasteiger partial charge in [-0.15, -0.1) is 0 Å². The van der Waals surface area contributed by atoms with Gasteiger partial charge in [-0.2, -0.15) is 0 Å². The SMILES string of the molecule is CCC(C)c1ccccc1OC(C)C(=O)N1CCNC(=O)C1CC(=O)OCCOc1ccccc1. The van der Waals surface area contributed by atoms with E-state index in [9.17, 15) is 14.4 Å². The Bertz CT molecular complexity index is 996. The molecule has 35 heavy (non-hydrogen) atoms. The Morgan fingerprint density at radius 3 is 2.51 bits per heavy atom. The van der Waals surface area contributed by atoms with E-state index < -0.39 is 18.1 Å². The van der Waals surface area contributed by atoms with Gasteiger partial charge in [0.15, 0.2) is 6.10 Å². The fraction of sp³-hybridized carbons (Fsp3) is 0.444. The summed E-state index contributed by atoms with van der Waals surface area (Å²) in [5.74, 6) is 0.313. The smallest absolute Gasteiger partial charge is 0.308 e. The van der Waals surface area contributed by atoms with Crippen LogP contribution < -0.4 is 14.8 Å². The van der Waals surface area contributed by atoms with Crippen LogP contribution in [0, 0.1) is 0 Å². The van der Waals surface area contributed by atoms with Crippen LogP contribution in [0.25, 0.3) is 0 Å². The summed E-state index contributed by atoms with van der Waals surface area (Å²) >= 11 is 0. The van der Waals surface area contributed by atoms with Crippen molar-refractivity contribution in [1.82, 2.24) is 10.2 Å². The normalized spacial score (nSPS) is 17.2. The van der Waals surface area contributed by atoms with Crippen LogP contribution in [-0.2, 0) is 19.1 Å². The summed E-state index contributed by atoms with van der Waals surface area (Å²) in [5, 5.41) is 2.73. The Kier molecular flexibility index (Phi) is 9.52. The Hall–Kier alpha value is -3.55. The summed E-state index contributed by atoms with van der Waals surface area (Å²) in [4.78, 5) is 39.6. The van der Waals surface area contributed by atoms with Crippen LogP contribution in [0.2, 0.25) is 0 Å². The van der Waals surface area contributed by atoms with E-state index in [0.29, 0.717) is 24.6 Å². The Labute approximate surface area is 206 Å². The van der Waals surface area contributed by atoms with Crippen LogP contribution in [0.1, 0.15) is 45.1 Å². The average Bonchev–Trinajstić information content (AvgIpc) is 2.88. The minimum absolute atomic E-state index is 0.0436. The van der Waals surface area contributed by atoms with Gasteiger partial charge in [0.2, 0.25) is 5.91 Å². The van der Waals surface area contributed by atoms with Crippen molar-refractivity contribution in [1.29, 1.82) is 0 Å². The molecule has 0 radical (unpaired) electrons. The molecule has 2 amide bonds. The number of hydrogen-bond acceptors (Lipinski definition) is 6. The zero-order chi connectivity index (χ0) is 25.2. The molecule has 1 aliphatic rings. The summed E-state index contributed by atoms with van der Waals surface area (Å²) in [6.45, 7) is 6.71. The lowest BCUT2D eigenvalue weighted by molar-refractivity contribution is -0.154. The third-order valence-corrected chi connectivity index (χ3v) is 6.05. The number of nitrogens with zero attached hydrogens (tertiary/aromatic N) is 1. The Morgan fingerprint density at radius 2 is 1.77 bits per heavy atom. The van der Waals surface area contributed by atoms with Gasteiger partial charge in [0.05, 0.1) is 6.42 Å². The monoisotopic (exact) mass is 482 g/mol. The molecule has 1 saturated heterocycles. The second-order valence-electron chi connectivity index (χ2n) is 8.53. The molecule has 1 N–H and O–H groups in total. The first-order valence-corrected chi connectivity index (χ1v) is 12.1. The molecule has 3 unspecified atom stereocenters. The largest absolute Gasteiger partial charge is 0.490 e. The topological polar surface area (TPSA) is 94.2 Å². The van der Waals surface area contributed by atoms with Crippen molar-refractivity contribution in [2.45, 2.75) is 51.7 Å². The van der Waals surface area contributed by atoms with E-state index in [2.05, 4.69) is 19.2 Å². The Balaban J connectivity index is 1.57. The molecule has 0 aliphatic carbocycles. The highest BCUT2D eigenvalue weighted by atomic mass is 16.6. The number of carbonyl (C=O) groups excluding carboxylic acids is 3. The minimum atomic E-state index is -0.949. The van der Waals surface area contributed by atoms with E-state index in [1.165, 1.54) is 4.90 Å². The van der Waals surface area contributed by atoms with Crippen molar-refractivity contribution in [2.24, 2.45) is 0 Å². The number of nitrogens with one attached hydrogen (secondary N) is 1. The zero-order valence-electron chi connectivity index (χ0n) is 20.6. The molecular weight excluding hydrogens is 448 g/mol. The summed E-state index contributed by atoms with van der Waals surface area (Å²) in [7, 11) is 0. The standard InChI is InChI=1S/C27H34N2O6/c1-4-19(2)22-12-8-9-13-24(22)35-20(3)27(32)29-15-14-28-26(31)23(29)18-25(30)34-17-16-33-21-10-6-5-7-11-21/h5-13,19-20,23H,4,14-18H2,1-3H3,(H,28,31). The number of hydrogen-bond donors (Lipinski definition) is 1. The number of rotatable bonds is 11. The van der Waals surface area contributed by atoms with Crippen molar-refractivity contribution < 1.29 is 28.6 Å². The van der Waals surface area contributed by atoms with Gasteiger partial charge >= 0.3 is 5.97 Å². The second-order valence-corrected chi connectivity index (χ2v) is 8.53. The maximum absolute atomic E-state index is 13.3. The molecule has 0 aromatic heterocycles. The van der Waals surface area contributed by atoms with E-state index in [0.717, 1.165) is 12.0 Å². The number of benzene rings is 2. The van der Waals surface area contributed by atoms with E-state index in [1.54, 1.807) is 6.92 Å². The van der Waals surface area contributed by atoms with E-state index in [1.807, 2.05) is 54.6 Å². The average molecular weight is 483 g/mol. The summed E-state index contributed by atoms with van der Waals surface area (Å²) in [6, 6.07) is 15.9. The predicted molar refractivity (Wildman–Crippen MR) is 131 cm³/mol. The van der Waals surface area contributed by atoms with Crippen LogP contribution in [0.15, 0.2) is 54.6 Å². The maximum atomic E-state index is 13.3. The lowest BCUT2D eigenvalue weighted by atomic mass is 9.98. The molecule has 2 aromatic rings. The summed E-state index contributed by atoms with van der Waals surface area (Å²) in [5.41, 5.74) is 1.03. The molecule has 8 heteroatoms. The minimum Gasteiger partial charge on any atom is -0.490 e. The molecule has 0 bridgehead atoms. The molecule has 1 heterocycles. The number of carbonyl (C=O) groups is 3. The van der Waals surface area contributed by atoms with Crippen LogP contribution in [0.5, 0.6) is 11.5 Å². The van der Waals surface area contributed by atoms with Gasteiger partial charge in [0, 0.05) is 13.1 Å². The van der Waals surface area contributed by atoms with Gasteiger partial charge in [0.25, 0.3) is 5.91 Å². The molecule has 8 nitrogen and oxygen atoms in total. The van der Waals surface area contributed by atoms with Gasteiger partial charge in [-0.25, -0.2) is 0 Å². The molecule has 0 spiro atoms. The van der Waals surface area contributed by atoms with E-state index in [4.69, 9.17) is 14.2 Å². The lowest BCUT2D eigenvalue weighted by Gasteiger charge is -2.36. The highest BCUT2D eigenvalue weighted by Crippen LogP contribution is 2.29.